The fourth-order valence-electron chi connectivity index (χ4n) is 1.15. The van der Waals surface area contributed by atoms with Crippen LogP contribution >= 0.6 is 0 Å². The summed E-state index contributed by atoms with van der Waals surface area (Å²) < 4.78 is 0. The molecule has 0 aromatic rings. The molecular weight excluding hydrogens is 100 g/mol. The van der Waals surface area contributed by atoms with Gasteiger partial charge in [0.2, 0.25) is 0 Å². The lowest BCUT2D eigenvalue weighted by Crippen LogP contribution is -2.07. The smallest absolute Gasteiger partial charge is 0.0751 e. The van der Waals surface area contributed by atoms with Crippen LogP contribution in [0.15, 0.2) is 11.6 Å². The van der Waals surface area contributed by atoms with E-state index in [4.69, 9.17) is 5.11 Å². The highest BCUT2D eigenvalue weighted by Gasteiger charge is 2.18. The average Bonchev–Trinajstić information content (AvgIpc) is 1.85. The Hall–Kier alpha value is -0.300. The number of aliphatic hydroxyl groups excluding tert-OH is 1. The lowest BCUT2D eigenvalue weighted by Gasteiger charge is -2.04. The van der Waals surface area contributed by atoms with E-state index < -0.39 is 0 Å². The molecule has 0 unspecified atom stereocenters. The SMILES string of the molecule is CC1=C[C@H](O)[C@H](C)C1. The molecular formula is C7H12O. The number of allylic oxidation sites excluding steroid dienone is 1. The third kappa shape index (κ3) is 0.920. The summed E-state index contributed by atoms with van der Waals surface area (Å²) in [5.74, 6) is 0.454. The standard InChI is InChI=1S/C7H12O/c1-5-3-6(2)7(8)4-5/h4,6-8H,3H2,1-2H3/t6-,7+/m1/s1. The van der Waals surface area contributed by atoms with Crippen molar-refractivity contribution in [3.8, 4) is 0 Å². The van der Waals surface area contributed by atoms with E-state index in [2.05, 4.69) is 13.8 Å². The normalized spacial score (nSPS) is 37.6. The summed E-state index contributed by atoms with van der Waals surface area (Å²) in [7, 11) is 0. The van der Waals surface area contributed by atoms with Crippen molar-refractivity contribution in [3.63, 3.8) is 0 Å². The minimum Gasteiger partial charge on any atom is -0.389 e. The van der Waals surface area contributed by atoms with Crippen LogP contribution in [0.1, 0.15) is 20.3 Å². The summed E-state index contributed by atoms with van der Waals surface area (Å²) in [4.78, 5) is 0. The van der Waals surface area contributed by atoms with Crippen LogP contribution in [0.4, 0.5) is 0 Å². The first-order valence-electron chi connectivity index (χ1n) is 3.05. The predicted molar refractivity (Wildman–Crippen MR) is 33.5 cm³/mol. The Bertz CT molecular complexity index is 116. The number of hydrogen-bond acceptors (Lipinski definition) is 1. The van der Waals surface area contributed by atoms with Crippen molar-refractivity contribution < 1.29 is 5.11 Å². The second-order valence-corrected chi connectivity index (χ2v) is 2.69. The molecule has 1 heteroatoms. The van der Waals surface area contributed by atoms with Gasteiger partial charge in [0.15, 0.2) is 0 Å². The first-order chi connectivity index (χ1) is 3.70. The van der Waals surface area contributed by atoms with Crippen LogP contribution in [0, 0.1) is 5.92 Å². The molecule has 0 radical (unpaired) electrons. The molecule has 0 bridgehead atoms. The Morgan fingerprint density at radius 3 is 2.50 bits per heavy atom. The minimum absolute atomic E-state index is 0.171. The highest BCUT2D eigenvalue weighted by molar-refractivity contribution is 5.11. The summed E-state index contributed by atoms with van der Waals surface area (Å²) in [6.45, 7) is 4.13. The van der Waals surface area contributed by atoms with Crippen LogP contribution in [0.2, 0.25) is 0 Å². The van der Waals surface area contributed by atoms with Crippen molar-refractivity contribution in [1.29, 1.82) is 0 Å². The summed E-state index contributed by atoms with van der Waals surface area (Å²) in [5.41, 5.74) is 1.32. The molecule has 1 N–H and O–H groups in total. The third-order valence-electron chi connectivity index (χ3n) is 1.68. The molecule has 0 heterocycles. The maximum Gasteiger partial charge on any atom is 0.0751 e. The molecule has 46 valence electrons. The number of hydrogen-bond donors (Lipinski definition) is 1. The third-order valence-corrected chi connectivity index (χ3v) is 1.68. The zero-order valence-corrected chi connectivity index (χ0v) is 5.39. The van der Waals surface area contributed by atoms with Gasteiger partial charge in [-0.15, -0.1) is 0 Å². The van der Waals surface area contributed by atoms with E-state index in [1.807, 2.05) is 6.08 Å². The van der Waals surface area contributed by atoms with Crippen LogP contribution in [0.5, 0.6) is 0 Å². The number of rotatable bonds is 0. The van der Waals surface area contributed by atoms with Gasteiger partial charge in [0.05, 0.1) is 6.10 Å². The highest BCUT2D eigenvalue weighted by Crippen LogP contribution is 2.23. The second-order valence-electron chi connectivity index (χ2n) is 2.69. The fraction of sp³-hybridized carbons (Fsp3) is 0.714. The molecule has 0 fully saturated rings. The van der Waals surface area contributed by atoms with Crippen molar-refractivity contribution >= 4 is 0 Å². The topological polar surface area (TPSA) is 20.2 Å². The van der Waals surface area contributed by atoms with E-state index in [0.29, 0.717) is 5.92 Å². The quantitative estimate of drug-likeness (QED) is 0.469. The van der Waals surface area contributed by atoms with Gasteiger partial charge in [0.25, 0.3) is 0 Å². The Morgan fingerprint density at radius 1 is 1.75 bits per heavy atom. The van der Waals surface area contributed by atoms with Crippen molar-refractivity contribution in [1.82, 2.24) is 0 Å². The average molecular weight is 112 g/mol. The van der Waals surface area contributed by atoms with Gasteiger partial charge in [0, 0.05) is 0 Å². The molecule has 0 amide bonds. The van der Waals surface area contributed by atoms with Gasteiger partial charge in [-0.05, 0) is 19.3 Å². The molecule has 1 nitrogen and oxygen atoms in total. The van der Waals surface area contributed by atoms with Crippen LogP contribution in [-0.2, 0) is 0 Å². The lowest BCUT2D eigenvalue weighted by atomic mass is 10.1. The second kappa shape index (κ2) is 1.90. The van der Waals surface area contributed by atoms with E-state index in [1.54, 1.807) is 0 Å². The van der Waals surface area contributed by atoms with Gasteiger partial charge in [-0.1, -0.05) is 18.6 Å². The molecule has 1 aliphatic rings. The van der Waals surface area contributed by atoms with Gasteiger partial charge in [-0.2, -0.15) is 0 Å². The summed E-state index contributed by atoms with van der Waals surface area (Å²) in [6.07, 6.45) is 2.83. The molecule has 0 aliphatic heterocycles. The van der Waals surface area contributed by atoms with Gasteiger partial charge >= 0.3 is 0 Å². The minimum atomic E-state index is -0.171. The van der Waals surface area contributed by atoms with Crippen molar-refractivity contribution in [2.45, 2.75) is 26.4 Å². The molecule has 1 rings (SSSR count). The summed E-state index contributed by atoms with van der Waals surface area (Å²) >= 11 is 0. The number of aliphatic hydroxyl groups is 1. The Balaban J connectivity index is 2.56. The van der Waals surface area contributed by atoms with E-state index >= 15 is 0 Å². The van der Waals surface area contributed by atoms with Crippen LogP contribution in [-0.4, -0.2) is 11.2 Å². The fourth-order valence-corrected chi connectivity index (χ4v) is 1.15. The summed E-state index contributed by atoms with van der Waals surface area (Å²) in [5, 5.41) is 9.09. The van der Waals surface area contributed by atoms with Gasteiger partial charge in [0.1, 0.15) is 0 Å². The van der Waals surface area contributed by atoms with Gasteiger partial charge in [-0.25, -0.2) is 0 Å². The largest absolute Gasteiger partial charge is 0.389 e. The van der Waals surface area contributed by atoms with Crippen LogP contribution in [0.3, 0.4) is 0 Å². The molecule has 0 spiro atoms. The molecule has 1 aliphatic carbocycles. The van der Waals surface area contributed by atoms with Crippen LogP contribution in [0.25, 0.3) is 0 Å². The molecule has 0 aromatic heterocycles. The molecule has 8 heavy (non-hydrogen) atoms. The lowest BCUT2D eigenvalue weighted by molar-refractivity contribution is 0.175. The molecule has 0 aromatic carbocycles. The first-order valence-corrected chi connectivity index (χ1v) is 3.05. The maximum atomic E-state index is 9.09. The van der Waals surface area contributed by atoms with Crippen molar-refractivity contribution in [2.75, 3.05) is 0 Å². The zero-order chi connectivity index (χ0) is 6.15. The predicted octanol–water partition coefficient (Wildman–Crippen LogP) is 1.33. The zero-order valence-electron chi connectivity index (χ0n) is 5.39. The van der Waals surface area contributed by atoms with Crippen molar-refractivity contribution in [2.24, 2.45) is 5.92 Å². The van der Waals surface area contributed by atoms with Gasteiger partial charge < -0.3 is 5.11 Å². The van der Waals surface area contributed by atoms with E-state index in [1.165, 1.54) is 5.57 Å². The highest BCUT2D eigenvalue weighted by atomic mass is 16.3. The summed E-state index contributed by atoms with van der Waals surface area (Å²) in [6, 6.07) is 0. The van der Waals surface area contributed by atoms with Gasteiger partial charge in [-0.3, -0.25) is 0 Å². The van der Waals surface area contributed by atoms with E-state index in [-0.39, 0.29) is 6.10 Å². The maximum absolute atomic E-state index is 9.09. The molecule has 0 saturated carbocycles. The Morgan fingerprint density at radius 2 is 2.38 bits per heavy atom. The Kier molecular flexibility index (Phi) is 1.39. The van der Waals surface area contributed by atoms with E-state index in [0.717, 1.165) is 6.42 Å². The first kappa shape index (κ1) is 5.83. The Labute approximate surface area is 50.0 Å². The molecule has 0 saturated heterocycles. The van der Waals surface area contributed by atoms with Crippen LogP contribution < -0.4 is 0 Å². The van der Waals surface area contributed by atoms with E-state index in [9.17, 15) is 0 Å². The molecule has 2 atom stereocenters. The monoisotopic (exact) mass is 112 g/mol. The van der Waals surface area contributed by atoms with Crippen molar-refractivity contribution in [3.05, 3.63) is 11.6 Å².